The van der Waals surface area contributed by atoms with Gasteiger partial charge in [-0.25, -0.2) is 0 Å². The summed E-state index contributed by atoms with van der Waals surface area (Å²) in [6.07, 6.45) is 21.9. The van der Waals surface area contributed by atoms with E-state index in [2.05, 4.69) is 21.0 Å². The van der Waals surface area contributed by atoms with Crippen molar-refractivity contribution in [1.82, 2.24) is 0 Å². The van der Waals surface area contributed by atoms with Crippen LogP contribution in [0.4, 0.5) is 0 Å². The minimum atomic E-state index is -4.54. The second-order valence-electron chi connectivity index (χ2n) is 12.8. The first-order valence-corrected chi connectivity index (χ1v) is 18.6. The number of phosphoric acid groups is 1. The van der Waals surface area contributed by atoms with Gasteiger partial charge in [-0.15, -0.1) is 0 Å². The molecule has 1 aromatic carbocycles. The molecule has 0 amide bonds. The Balaban J connectivity index is 1.68. The Morgan fingerprint density at radius 1 is 0.860 bits per heavy atom. The molecule has 1 heterocycles. The summed E-state index contributed by atoms with van der Waals surface area (Å²) in [5.74, 6) is 0. The average molecular weight is 624 g/mol. The molecular formula is C35H62NO6P. The van der Waals surface area contributed by atoms with Crippen molar-refractivity contribution < 1.29 is 32.5 Å². The van der Waals surface area contributed by atoms with E-state index in [1.807, 2.05) is 37.3 Å². The van der Waals surface area contributed by atoms with Crippen molar-refractivity contribution in [2.24, 2.45) is 0 Å². The summed E-state index contributed by atoms with van der Waals surface area (Å²) in [6.45, 7) is 5.96. The van der Waals surface area contributed by atoms with Crippen LogP contribution in [0.15, 0.2) is 42.3 Å². The van der Waals surface area contributed by atoms with Crippen LogP contribution in [-0.2, 0) is 29.7 Å². The van der Waals surface area contributed by atoms with Crippen molar-refractivity contribution in [3.8, 4) is 0 Å². The molecule has 0 bridgehead atoms. The molecule has 0 N–H and O–H groups in total. The van der Waals surface area contributed by atoms with Crippen molar-refractivity contribution in [1.29, 1.82) is 0 Å². The summed E-state index contributed by atoms with van der Waals surface area (Å²) in [5.41, 5.74) is 1.96. The molecule has 0 radical (unpaired) electrons. The van der Waals surface area contributed by atoms with E-state index in [0.29, 0.717) is 17.7 Å². The van der Waals surface area contributed by atoms with Crippen molar-refractivity contribution in [3.63, 3.8) is 0 Å². The third-order valence-corrected chi connectivity index (χ3v) is 9.43. The van der Waals surface area contributed by atoms with Gasteiger partial charge in [-0.05, 0) is 31.7 Å². The van der Waals surface area contributed by atoms with Crippen LogP contribution in [0.3, 0.4) is 0 Å². The molecule has 8 heteroatoms. The Morgan fingerprint density at radius 3 is 2.02 bits per heavy atom. The van der Waals surface area contributed by atoms with Gasteiger partial charge in [-0.1, -0.05) is 121 Å². The third kappa shape index (κ3) is 17.8. The van der Waals surface area contributed by atoms with Crippen LogP contribution in [0.5, 0.6) is 0 Å². The maximum atomic E-state index is 12.6. The van der Waals surface area contributed by atoms with E-state index in [9.17, 15) is 9.46 Å². The summed E-state index contributed by atoms with van der Waals surface area (Å²) in [6, 6.07) is 9.83. The summed E-state index contributed by atoms with van der Waals surface area (Å²) < 4.78 is 36.0. The monoisotopic (exact) mass is 623 g/mol. The van der Waals surface area contributed by atoms with Crippen molar-refractivity contribution >= 4 is 7.82 Å². The zero-order valence-electron chi connectivity index (χ0n) is 27.8. The fraction of sp³-hybridized carbons (Fsp3) is 0.771. The van der Waals surface area contributed by atoms with E-state index in [4.69, 9.17) is 18.5 Å². The highest BCUT2D eigenvalue weighted by atomic mass is 31.2. The Kier molecular flexibility index (Phi) is 19.7. The van der Waals surface area contributed by atoms with E-state index >= 15 is 0 Å². The quantitative estimate of drug-likeness (QED) is 0.0468. The molecule has 0 aliphatic carbocycles. The fourth-order valence-corrected chi connectivity index (χ4v) is 6.19. The number of unbranched alkanes of at least 4 members (excludes halogenated alkanes) is 13. The maximum absolute atomic E-state index is 12.6. The molecule has 3 unspecified atom stereocenters. The van der Waals surface area contributed by atoms with Gasteiger partial charge in [0.2, 0.25) is 0 Å². The highest BCUT2D eigenvalue weighted by Gasteiger charge is 2.28. The fourth-order valence-electron chi connectivity index (χ4n) is 5.55. The number of benzene rings is 1. The molecule has 1 aliphatic rings. The number of ether oxygens (including phenoxy) is 2. The van der Waals surface area contributed by atoms with Crippen LogP contribution >= 0.6 is 7.82 Å². The predicted octanol–water partition coefficient (Wildman–Crippen LogP) is 9.06. The number of rotatable bonds is 25. The number of quaternary nitrogens is 1. The van der Waals surface area contributed by atoms with Crippen molar-refractivity contribution in [2.45, 2.75) is 142 Å². The lowest BCUT2D eigenvalue weighted by Crippen LogP contribution is -2.42. The Bertz CT molecular complexity index is 909. The van der Waals surface area contributed by atoms with Gasteiger partial charge < -0.3 is 23.4 Å². The zero-order valence-corrected chi connectivity index (χ0v) is 28.7. The van der Waals surface area contributed by atoms with Gasteiger partial charge in [0.1, 0.15) is 18.1 Å². The molecule has 1 aromatic rings. The molecule has 2 rings (SSSR count). The third-order valence-electron chi connectivity index (χ3n) is 8.60. The second-order valence-corrected chi connectivity index (χ2v) is 14.2. The molecule has 3 atom stereocenters. The number of nitrogens with zero attached hydrogens (tertiary/aromatic N) is 1. The number of piperidine rings is 1. The van der Waals surface area contributed by atoms with E-state index in [-0.39, 0.29) is 12.7 Å². The maximum Gasteiger partial charge on any atom is 0.319 e. The van der Waals surface area contributed by atoms with Crippen LogP contribution in [-0.4, -0.2) is 50.5 Å². The Morgan fingerprint density at radius 2 is 1.44 bits per heavy atom. The van der Waals surface area contributed by atoms with Gasteiger partial charge in [0.25, 0.3) is 0 Å². The first kappa shape index (κ1) is 38.0. The zero-order chi connectivity index (χ0) is 31.2. The SMILES string of the molecule is CCCCCCCCCCCCCCCCOC(C)C(COP(=O)([O-])OC=C1CCCC[N+]1(C)C)OCc1ccccc1. The number of allylic oxidation sites excluding steroid dienone is 1. The smallest absolute Gasteiger partial charge is 0.319 e. The molecular weight excluding hydrogens is 561 g/mol. The molecule has 0 aromatic heterocycles. The molecule has 43 heavy (non-hydrogen) atoms. The molecule has 1 aliphatic heterocycles. The number of hydrogen-bond donors (Lipinski definition) is 0. The summed E-state index contributed by atoms with van der Waals surface area (Å²) >= 11 is 0. The molecule has 1 saturated heterocycles. The molecule has 0 saturated carbocycles. The molecule has 7 nitrogen and oxygen atoms in total. The van der Waals surface area contributed by atoms with Gasteiger partial charge in [0.05, 0.1) is 40.0 Å². The van der Waals surface area contributed by atoms with E-state index < -0.39 is 13.9 Å². The number of phosphoric ester groups is 1. The molecule has 0 spiro atoms. The van der Waals surface area contributed by atoms with Crippen LogP contribution in [0.2, 0.25) is 0 Å². The minimum Gasteiger partial charge on any atom is -0.746 e. The van der Waals surface area contributed by atoms with Gasteiger partial charge in [-0.3, -0.25) is 9.05 Å². The van der Waals surface area contributed by atoms with E-state index in [0.717, 1.165) is 49.9 Å². The topological polar surface area (TPSA) is 77.1 Å². The lowest BCUT2D eigenvalue weighted by molar-refractivity contribution is -0.858. The van der Waals surface area contributed by atoms with Gasteiger partial charge in [0.15, 0.2) is 0 Å². The normalized spacial score (nSPS) is 18.8. The van der Waals surface area contributed by atoms with Gasteiger partial charge >= 0.3 is 7.82 Å². The highest BCUT2D eigenvalue weighted by Crippen LogP contribution is 2.40. The number of hydrogen-bond acceptors (Lipinski definition) is 6. The first-order chi connectivity index (χ1) is 20.7. The first-order valence-electron chi connectivity index (χ1n) is 17.2. The Labute approximate surface area is 263 Å². The Hall–Kier alpha value is -1.21. The van der Waals surface area contributed by atoms with Gasteiger partial charge in [0, 0.05) is 13.0 Å². The average Bonchev–Trinajstić information content (AvgIpc) is 2.98. The van der Waals surface area contributed by atoms with Gasteiger partial charge in [-0.2, -0.15) is 0 Å². The largest absolute Gasteiger partial charge is 0.746 e. The standard InChI is InChI=1S/C35H62NO6P/c1-5-6-7-8-9-10-11-12-13-14-15-16-17-23-28-39-32(2)35(40-29-33-24-19-18-20-25-33)31-42-43(37,38)41-30-34-26-21-22-27-36(34,3)4/h18-20,24-25,30,32,35H,5-17,21-23,26-29,31H2,1-4H3. The summed E-state index contributed by atoms with van der Waals surface area (Å²) in [5, 5.41) is 0. The summed E-state index contributed by atoms with van der Waals surface area (Å²) in [7, 11) is -0.410. The molecule has 248 valence electrons. The minimum absolute atomic E-state index is 0.158. The number of likely N-dealkylation sites (tertiary alicyclic amines) is 1. The predicted molar refractivity (Wildman–Crippen MR) is 174 cm³/mol. The van der Waals surface area contributed by atoms with Crippen LogP contribution < -0.4 is 4.89 Å². The van der Waals surface area contributed by atoms with Crippen LogP contribution in [0.25, 0.3) is 0 Å². The van der Waals surface area contributed by atoms with E-state index in [1.165, 1.54) is 83.3 Å². The molecule has 1 fully saturated rings. The lowest BCUT2D eigenvalue weighted by Gasteiger charge is -2.35. The van der Waals surface area contributed by atoms with Crippen LogP contribution in [0, 0.1) is 0 Å². The van der Waals surface area contributed by atoms with Crippen molar-refractivity contribution in [3.05, 3.63) is 47.9 Å². The van der Waals surface area contributed by atoms with Crippen molar-refractivity contribution in [2.75, 3.05) is 33.9 Å². The summed E-state index contributed by atoms with van der Waals surface area (Å²) in [4.78, 5) is 12.6. The van der Waals surface area contributed by atoms with E-state index in [1.54, 1.807) is 0 Å². The highest BCUT2D eigenvalue weighted by molar-refractivity contribution is 7.46. The lowest BCUT2D eigenvalue weighted by atomic mass is 10.0. The second kappa shape index (κ2) is 22.3. The van der Waals surface area contributed by atoms with Crippen LogP contribution in [0.1, 0.15) is 129 Å².